The van der Waals surface area contributed by atoms with Crippen LogP contribution in [0.1, 0.15) is 126 Å². The maximum absolute atomic E-state index is 10.4. The fourth-order valence-electron chi connectivity index (χ4n) is 11.5. The van der Waals surface area contributed by atoms with Gasteiger partial charge in [-0.05, 0) is 133 Å². The van der Waals surface area contributed by atoms with Crippen LogP contribution in [0.4, 0.5) is 0 Å². The van der Waals surface area contributed by atoms with Crippen molar-refractivity contribution in [1.82, 2.24) is 0 Å². The van der Waals surface area contributed by atoms with E-state index in [1.54, 1.807) is 12.8 Å². The number of hydrogen-bond donors (Lipinski definition) is 1. The third-order valence-corrected chi connectivity index (χ3v) is 14.1. The molecule has 184 valence electrons. The molecule has 1 unspecified atom stereocenters. The minimum Gasteiger partial charge on any atom is -0.393 e. The highest BCUT2D eigenvalue weighted by atomic mass is 16.3. The van der Waals surface area contributed by atoms with Crippen LogP contribution in [0.5, 0.6) is 0 Å². The first-order valence-corrected chi connectivity index (χ1v) is 14.5. The summed E-state index contributed by atoms with van der Waals surface area (Å²) in [6, 6.07) is 0. The van der Waals surface area contributed by atoms with Gasteiger partial charge in [0, 0.05) is 0 Å². The second-order valence-electron chi connectivity index (χ2n) is 15.3. The maximum atomic E-state index is 10.4. The lowest BCUT2D eigenvalue weighted by Gasteiger charge is -2.63. The van der Waals surface area contributed by atoms with Gasteiger partial charge in [-0.25, -0.2) is 0 Å². The molecule has 0 aromatic carbocycles. The Kier molecular flexibility index (Phi) is 5.36. The van der Waals surface area contributed by atoms with Crippen LogP contribution >= 0.6 is 0 Å². The van der Waals surface area contributed by atoms with E-state index in [1.165, 1.54) is 51.4 Å². The molecule has 0 aromatic rings. The summed E-state index contributed by atoms with van der Waals surface area (Å²) in [7, 11) is 0. The number of fused-ring (bicyclic) bond motifs is 2. The van der Waals surface area contributed by atoms with Gasteiger partial charge < -0.3 is 5.11 Å². The molecule has 1 N–H and O–H groups in total. The SMILES string of the molecule is CC(C)C(O)CC[C@@H](C)[C@H]1CC[C@@]2(C)[C@@H]3CC[C@H]4C(C)(C)[C@@H](C)CC[C@@]45C[C@@]35CC[C@]12C. The van der Waals surface area contributed by atoms with Crippen molar-refractivity contribution in [1.29, 1.82) is 0 Å². The highest BCUT2D eigenvalue weighted by Crippen LogP contribution is 2.89. The van der Waals surface area contributed by atoms with E-state index in [4.69, 9.17) is 0 Å². The summed E-state index contributed by atoms with van der Waals surface area (Å²) < 4.78 is 0. The van der Waals surface area contributed by atoms with E-state index in [2.05, 4.69) is 55.4 Å². The van der Waals surface area contributed by atoms with Crippen LogP contribution in [0.3, 0.4) is 0 Å². The molecule has 5 saturated carbocycles. The average Bonchev–Trinajstić information content (AvgIpc) is 3.31. The Hall–Kier alpha value is -0.0400. The van der Waals surface area contributed by atoms with Gasteiger partial charge in [0.15, 0.2) is 0 Å². The lowest BCUT2D eigenvalue weighted by Crippen LogP contribution is -2.56. The van der Waals surface area contributed by atoms with Crippen LogP contribution < -0.4 is 0 Å². The Morgan fingerprint density at radius 1 is 0.750 bits per heavy atom. The lowest BCUT2D eigenvalue weighted by atomic mass is 9.41. The smallest absolute Gasteiger partial charge is 0.0563 e. The third kappa shape index (κ3) is 2.79. The van der Waals surface area contributed by atoms with Crippen LogP contribution in [0, 0.1) is 62.6 Å². The Balaban J connectivity index is 1.38. The average molecular weight is 443 g/mol. The van der Waals surface area contributed by atoms with Crippen LogP contribution in [0.2, 0.25) is 0 Å². The molecule has 5 aliphatic rings. The normalized spacial score (nSPS) is 53.1. The molecular weight excluding hydrogens is 388 g/mol. The first kappa shape index (κ1) is 23.7. The van der Waals surface area contributed by atoms with Crippen LogP contribution in [-0.2, 0) is 0 Å². The zero-order chi connectivity index (χ0) is 23.3. The molecule has 10 atom stereocenters. The van der Waals surface area contributed by atoms with E-state index in [-0.39, 0.29) is 6.10 Å². The van der Waals surface area contributed by atoms with Gasteiger partial charge in [-0.1, -0.05) is 55.4 Å². The van der Waals surface area contributed by atoms with Gasteiger partial charge in [-0.2, -0.15) is 0 Å². The van der Waals surface area contributed by atoms with Crippen LogP contribution in [-0.4, -0.2) is 11.2 Å². The first-order chi connectivity index (χ1) is 14.9. The van der Waals surface area contributed by atoms with Crippen molar-refractivity contribution in [2.75, 3.05) is 0 Å². The molecule has 0 heterocycles. The Morgan fingerprint density at radius 2 is 1.41 bits per heavy atom. The monoisotopic (exact) mass is 442 g/mol. The van der Waals surface area contributed by atoms with Gasteiger partial charge in [0.25, 0.3) is 0 Å². The van der Waals surface area contributed by atoms with Crippen LogP contribution in [0.15, 0.2) is 0 Å². The summed E-state index contributed by atoms with van der Waals surface area (Å²) >= 11 is 0. The standard InChI is InChI=1S/C31H54O/c1-20(2)24(32)10-9-21(3)23-14-15-29(8)26-12-11-25-27(5,6)22(4)13-16-30(25)19-31(26,30)18-17-28(23,29)7/h20-26,32H,9-19H2,1-8H3/t21-,22+,23-,24?,25+,26+,28-,29+,30-,31+/m1/s1. The lowest BCUT2D eigenvalue weighted by molar-refractivity contribution is -0.149. The van der Waals surface area contributed by atoms with E-state index in [0.717, 1.165) is 36.0 Å². The maximum Gasteiger partial charge on any atom is 0.0563 e. The molecule has 0 amide bonds. The van der Waals surface area contributed by atoms with Crippen LogP contribution in [0.25, 0.3) is 0 Å². The number of aliphatic hydroxyl groups excluding tert-OH is 1. The van der Waals surface area contributed by atoms with Crippen molar-refractivity contribution in [2.24, 2.45) is 62.6 Å². The van der Waals surface area contributed by atoms with Gasteiger partial charge in [0.1, 0.15) is 0 Å². The van der Waals surface area contributed by atoms with Crippen molar-refractivity contribution in [3.8, 4) is 0 Å². The quantitative estimate of drug-likeness (QED) is 0.452. The van der Waals surface area contributed by atoms with Gasteiger partial charge in [-0.3, -0.25) is 0 Å². The van der Waals surface area contributed by atoms with Crippen molar-refractivity contribution >= 4 is 0 Å². The topological polar surface area (TPSA) is 20.2 Å². The summed E-state index contributed by atoms with van der Waals surface area (Å²) in [5.41, 5.74) is 3.01. The molecule has 0 aromatic heterocycles. The minimum absolute atomic E-state index is 0.119. The molecule has 0 saturated heterocycles. The number of hydrogen-bond acceptors (Lipinski definition) is 1. The van der Waals surface area contributed by atoms with Crippen molar-refractivity contribution in [2.45, 2.75) is 132 Å². The van der Waals surface area contributed by atoms with E-state index in [9.17, 15) is 5.11 Å². The van der Waals surface area contributed by atoms with E-state index < -0.39 is 0 Å². The van der Waals surface area contributed by atoms with Gasteiger partial charge in [0.2, 0.25) is 0 Å². The van der Waals surface area contributed by atoms with Crippen molar-refractivity contribution in [3.63, 3.8) is 0 Å². The zero-order valence-corrected chi connectivity index (χ0v) is 22.8. The molecule has 5 aliphatic carbocycles. The van der Waals surface area contributed by atoms with Gasteiger partial charge in [-0.15, -0.1) is 0 Å². The summed E-state index contributed by atoms with van der Waals surface area (Å²) in [5, 5.41) is 10.4. The Labute approximate surface area is 199 Å². The molecule has 32 heavy (non-hydrogen) atoms. The highest BCUT2D eigenvalue weighted by Gasteiger charge is 2.81. The summed E-state index contributed by atoms with van der Waals surface area (Å²) in [4.78, 5) is 0. The molecular formula is C31H54O. The fraction of sp³-hybridized carbons (Fsp3) is 1.00. The molecule has 0 aliphatic heterocycles. The van der Waals surface area contributed by atoms with E-state index in [0.29, 0.717) is 33.0 Å². The Bertz CT molecular complexity index is 739. The van der Waals surface area contributed by atoms with E-state index >= 15 is 0 Å². The predicted molar refractivity (Wildman–Crippen MR) is 135 cm³/mol. The zero-order valence-electron chi connectivity index (χ0n) is 22.8. The predicted octanol–water partition coefficient (Wildman–Crippen LogP) is 8.49. The molecule has 2 spiro atoms. The second kappa shape index (κ2) is 7.24. The molecule has 0 radical (unpaired) electrons. The first-order valence-electron chi connectivity index (χ1n) is 14.5. The second-order valence-corrected chi connectivity index (χ2v) is 15.3. The number of aliphatic hydroxyl groups is 1. The largest absolute Gasteiger partial charge is 0.393 e. The molecule has 5 fully saturated rings. The molecule has 1 heteroatoms. The third-order valence-electron chi connectivity index (χ3n) is 14.1. The van der Waals surface area contributed by atoms with E-state index in [1.807, 2.05) is 0 Å². The Morgan fingerprint density at radius 3 is 2.09 bits per heavy atom. The molecule has 0 bridgehead atoms. The highest BCUT2D eigenvalue weighted by molar-refractivity contribution is 5.30. The summed E-state index contributed by atoms with van der Waals surface area (Å²) in [6.45, 7) is 20.1. The molecule has 5 rings (SSSR count). The van der Waals surface area contributed by atoms with Gasteiger partial charge >= 0.3 is 0 Å². The number of rotatable bonds is 5. The molecule has 1 nitrogen and oxygen atoms in total. The minimum atomic E-state index is -0.119. The van der Waals surface area contributed by atoms with Crippen molar-refractivity contribution < 1.29 is 5.11 Å². The fourth-order valence-corrected chi connectivity index (χ4v) is 11.5. The van der Waals surface area contributed by atoms with Crippen molar-refractivity contribution in [3.05, 3.63) is 0 Å². The summed E-state index contributed by atoms with van der Waals surface area (Å²) in [6.07, 6.45) is 15.6. The van der Waals surface area contributed by atoms with Gasteiger partial charge in [0.05, 0.1) is 6.10 Å². The summed E-state index contributed by atoms with van der Waals surface area (Å²) in [5.74, 6) is 4.87.